The zero-order chi connectivity index (χ0) is 18.3. The Hall–Kier alpha value is -1.67. The molecule has 134 valence electrons. The molecule has 0 bridgehead atoms. The first kappa shape index (κ1) is 16.5. The smallest absolute Gasteiger partial charge is 0.0942 e. The number of fused-ring (bicyclic) bond motifs is 3. The normalized spacial score (nSPS) is 26.5. The molecule has 1 spiro atoms. The second-order valence-electron chi connectivity index (χ2n) is 9.37. The van der Waals surface area contributed by atoms with Crippen molar-refractivity contribution in [1.82, 2.24) is 0 Å². The van der Waals surface area contributed by atoms with Crippen LogP contribution in [0.1, 0.15) is 58.1 Å². The average Bonchev–Trinajstić information content (AvgIpc) is 3.09. The Morgan fingerprint density at radius 2 is 1.15 bits per heavy atom. The number of benzene rings is 2. The number of hydrogen-bond donors (Lipinski definition) is 0. The molecule has 0 aromatic heterocycles. The third kappa shape index (κ3) is 1.74. The highest BCUT2D eigenvalue weighted by molar-refractivity contribution is 7.99. The first-order valence-corrected chi connectivity index (χ1v) is 10.8. The summed E-state index contributed by atoms with van der Waals surface area (Å²) in [6, 6.07) is 17.3. The van der Waals surface area contributed by atoms with Gasteiger partial charge in [0.05, 0.1) is 15.5 Å². The van der Waals surface area contributed by atoms with Crippen molar-refractivity contribution in [2.45, 2.75) is 51.7 Å². The monoisotopic (exact) mass is 362 g/mol. The van der Waals surface area contributed by atoms with Crippen LogP contribution in [0.2, 0.25) is 0 Å². The Labute approximate surface area is 159 Å². The molecule has 26 heavy (non-hydrogen) atoms. The van der Waals surface area contributed by atoms with Crippen molar-refractivity contribution < 1.29 is 4.21 Å². The fourth-order valence-electron chi connectivity index (χ4n) is 6.09. The van der Waals surface area contributed by atoms with Gasteiger partial charge in [0.25, 0.3) is 0 Å². The van der Waals surface area contributed by atoms with Crippen molar-refractivity contribution >= 4 is 16.4 Å². The van der Waals surface area contributed by atoms with E-state index in [1.54, 1.807) is 0 Å². The van der Waals surface area contributed by atoms with Crippen LogP contribution in [0.4, 0.5) is 0 Å². The summed E-state index contributed by atoms with van der Waals surface area (Å²) in [4.78, 5) is 1.21. The van der Waals surface area contributed by atoms with Crippen LogP contribution < -0.4 is 0 Å². The van der Waals surface area contributed by atoms with Gasteiger partial charge in [0.1, 0.15) is 0 Å². The minimum atomic E-state index is -0.908. The third-order valence-electron chi connectivity index (χ3n) is 7.16. The van der Waals surface area contributed by atoms with Crippen molar-refractivity contribution in [3.05, 3.63) is 64.6 Å². The molecule has 0 amide bonds. The molecule has 2 aromatic rings. The van der Waals surface area contributed by atoms with Gasteiger partial charge in [-0.2, -0.15) is 0 Å². The van der Waals surface area contributed by atoms with Crippen molar-refractivity contribution in [2.75, 3.05) is 0 Å². The molecule has 1 saturated heterocycles. The second-order valence-corrected chi connectivity index (χ2v) is 10.9. The Bertz CT molecular complexity index is 929. The lowest BCUT2D eigenvalue weighted by Gasteiger charge is -2.48. The predicted molar refractivity (Wildman–Crippen MR) is 110 cm³/mol. The van der Waals surface area contributed by atoms with Gasteiger partial charge >= 0.3 is 0 Å². The molecule has 1 atom stereocenters. The molecule has 2 fully saturated rings. The molecule has 1 aliphatic heterocycles. The highest BCUT2D eigenvalue weighted by atomic mass is 32.2. The first-order valence-electron chi connectivity index (χ1n) is 9.69. The molecule has 1 nitrogen and oxygen atoms in total. The van der Waals surface area contributed by atoms with E-state index in [-0.39, 0.29) is 15.6 Å². The summed E-state index contributed by atoms with van der Waals surface area (Å²) in [5.74, 6) is 0. The van der Waals surface area contributed by atoms with Crippen LogP contribution in [-0.4, -0.2) is 8.96 Å². The van der Waals surface area contributed by atoms with E-state index in [1.165, 1.54) is 39.2 Å². The van der Waals surface area contributed by atoms with Gasteiger partial charge in [0, 0.05) is 10.5 Å². The van der Waals surface area contributed by atoms with E-state index in [4.69, 9.17) is 0 Å². The zero-order valence-corrected chi connectivity index (χ0v) is 16.9. The Kier molecular flexibility index (Phi) is 3.16. The SMILES string of the molecule is CC1(C)CCCC(C)(C)C12C(=C1c3ccccc3-c3ccccc31)S2=O. The average molecular weight is 363 g/mol. The van der Waals surface area contributed by atoms with Crippen LogP contribution in [0.5, 0.6) is 0 Å². The van der Waals surface area contributed by atoms with Crippen LogP contribution >= 0.6 is 0 Å². The summed E-state index contributed by atoms with van der Waals surface area (Å²) in [6.45, 7) is 9.36. The van der Waals surface area contributed by atoms with E-state index < -0.39 is 10.8 Å². The molecule has 0 N–H and O–H groups in total. The summed E-state index contributed by atoms with van der Waals surface area (Å²) in [5, 5.41) is 0. The highest BCUT2D eigenvalue weighted by Gasteiger charge is 2.75. The molecule has 1 heterocycles. The van der Waals surface area contributed by atoms with Crippen molar-refractivity contribution in [3.63, 3.8) is 0 Å². The maximum atomic E-state index is 13.7. The lowest BCUT2D eigenvalue weighted by Crippen LogP contribution is -2.49. The molecule has 2 aromatic carbocycles. The van der Waals surface area contributed by atoms with E-state index in [0.717, 1.165) is 12.8 Å². The zero-order valence-electron chi connectivity index (χ0n) is 16.1. The van der Waals surface area contributed by atoms with Gasteiger partial charge in [-0.25, -0.2) is 0 Å². The minimum Gasteiger partial charge on any atom is -0.254 e. The lowest BCUT2D eigenvalue weighted by atomic mass is 9.56. The van der Waals surface area contributed by atoms with Crippen molar-refractivity contribution in [2.24, 2.45) is 10.8 Å². The Morgan fingerprint density at radius 1 is 0.731 bits per heavy atom. The van der Waals surface area contributed by atoms with Gasteiger partial charge < -0.3 is 0 Å². The summed E-state index contributed by atoms with van der Waals surface area (Å²) in [7, 11) is -0.908. The van der Waals surface area contributed by atoms with Crippen LogP contribution in [-0.2, 0) is 10.8 Å². The van der Waals surface area contributed by atoms with Gasteiger partial charge in [0.2, 0.25) is 0 Å². The predicted octanol–water partition coefficient (Wildman–Crippen LogP) is 6.16. The topological polar surface area (TPSA) is 17.1 Å². The van der Waals surface area contributed by atoms with E-state index >= 15 is 0 Å². The van der Waals surface area contributed by atoms with Crippen LogP contribution in [0.3, 0.4) is 0 Å². The largest absolute Gasteiger partial charge is 0.254 e. The van der Waals surface area contributed by atoms with Crippen molar-refractivity contribution in [1.29, 1.82) is 0 Å². The summed E-state index contributed by atoms with van der Waals surface area (Å²) < 4.78 is 13.5. The van der Waals surface area contributed by atoms with Gasteiger partial charge in [-0.15, -0.1) is 0 Å². The van der Waals surface area contributed by atoms with Crippen LogP contribution in [0.25, 0.3) is 16.7 Å². The Balaban J connectivity index is 1.86. The van der Waals surface area contributed by atoms with Gasteiger partial charge in [-0.05, 0) is 45.9 Å². The molecule has 1 unspecified atom stereocenters. The standard InChI is InChI=1S/C24H26OS/c1-22(2)14-9-15-23(3,4)24(22)21(26(24)25)20-18-12-7-5-10-16(18)17-11-6-8-13-19(17)20/h5-8,10-13H,9,14-15H2,1-4H3. The van der Waals surface area contributed by atoms with Crippen LogP contribution in [0, 0.1) is 10.8 Å². The molecule has 0 radical (unpaired) electrons. The summed E-state index contributed by atoms with van der Waals surface area (Å²) >= 11 is 0. The molecule has 2 heteroatoms. The Morgan fingerprint density at radius 3 is 1.62 bits per heavy atom. The second kappa shape index (κ2) is 4.98. The maximum Gasteiger partial charge on any atom is 0.0942 e. The minimum absolute atomic E-state index is 0.0639. The molecular weight excluding hydrogens is 336 g/mol. The molecule has 5 rings (SSSR count). The fraction of sp³-hybridized carbons (Fsp3) is 0.417. The van der Waals surface area contributed by atoms with E-state index in [1.807, 2.05) is 0 Å². The lowest BCUT2D eigenvalue weighted by molar-refractivity contribution is 0.0906. The van der Waals surface area contributed by atoms with E-state index in [9.17, 15) is 4.21 Å². The quantitative estimate of drug-likeness (QED) is 0.437. The maximum absolute atomic E-state index is 13.7. The van der Waals surface area contributed by atoms with E-state index in [2.05, 4.69) is 76.2 Å². The first-order chi connectivity index (χ1) is 12.3. The fourth-order valence-corrected chi connectivity index (χ4v) is 8.88. The molecule has 1 saturated carbocycles. The summed E-state index contributed by atoms with van der Waals surface area (Å²) in [5.41, 5.74) is 6.50. The number of rotatable bonds is 0. The molecule has 3 aliphatic rings. The van der Waals surface area contributed by atoms with Gasteiger partial charge in [-0.3, -0.25) is 4.21 Å². The molecule has 2 aliphatic carbocycles. The third-order valence-corrected chi connectivity index (χ3v) is 9.70. The number of hydrogen-bond acceptors (Lipinski definition) is 1. The van der Waals surface area contributed by atoms with Crippen molar-refractivity contribution in [3.8, 4) is 11.1 Å². The highest BCUT2D eigenvalue weighted by Crippen LogP contribution is 2.73. The molecular formula is C24H26OS. The van der Waals surface area contributed by atoms with Gasteiger partial charge in [0.15, 0.2) is 0 Å². The van der Waals surface area contributed by atoms with Gasteiger partial charge in [-0.1, -0.05) is 82.6 Å². The van der Waals surface area contributed by atoms with Crippen LogP contribution in [0.15, 0.2) is 53.4 Å². The summed E-state index contributed by atoms with van der Waals surface area (Å²) in [6.07, 6.45) is 3.54. The van der Waals surface area contributed by atoms with E-state index in [0.29, 0.717) is 0 Å².